The molecule has 1 amide bonds. The molecule has 9 heteroatoms. The Balaban J connectivity index is 1.82. The second kappa shape index (κ2) is 13.5. The lowest BCUT2D eigenvalue weighted by molar-refractivity contribution is -0.139. The molecule has 2 N–H and O–H groups in total. The summed E-state index contributed by atoms with van der Waals surface area (Å²) in [5.41, 5.74) is 3.46. The zero-order valence-electron chi connectivity index (χ0n) is 22.9. The highest BCUT2D eigenvalue weighted by molar-refractivity contribution is 7.98. The first kappa shape index (κ1) is 29.9. The molecule has 0 aliphatic heterocycles. The van der Waals surface area contributed by atoms with E-state index in [0.717, 1.165) is 11.1 Å². The number of nitrogens with one attached hydrogen (secondary N) is 1. The van der Waals surface area contributed by atoms with Gasteiger partial charge in [-0.2, -0.15) is 11.8 Å². The first-order chi connectivity index (χ1) is 19.7. The van der Waals surface area contributed by atoms with Crippen molar-refractivity contribution >= 4 is 39.3 Å². The van der Waals surface area contributed by atoms with Crippen LogP contribution in [-0.2, 0) is 21.4 Å². The third kappa shape index (κ3) is 7.17. The zero-order chi connectivity index (χ0) is 29.4. The molecule has 4 aromatic carbocycles. The summed E-state index contributed by atoms with van der Waals surface area (Å²) in [6.07, 6.45) is 2.13. The van der Waals surface area contributed by atoms with Gasteiger partial charge < -0.3 is 10.4 Å². The first-order valence-electron chi connectivity index (χ1n) is 13.1. The number of hydrogen-bond acceptors (Lipinski definition) is 5. The van der Waals surface area contributed by atoms with Crippen molar-refractivity contribution in [2.75, 3.05) is 16.3 Å². The Kier molecular flexibility index (Phi) is 9.86. The van der Waals surface area contributed by atoms with Gasteiger partial charge in [0.1, 0.15) is 6.04 Å². The van der Waals surface area contributed by atoms with E-state index in [4.69, 9.17) is 0 Å². The molecular formula is C32H32N2O5S2. The van der Waals surface area contributed by atoms with Crippen LogP contribution in [-0.4, -0.2) is 43.5 Å². The van der Waals surface area contributed by atoms with Crippen molar-refractivity contribution in [3.63, 3.8) is 0 Å². The molecule has 0 radical (unpaired) electrons. The Labute approximate surface area is 245 Å². The van der Waals surface area contributed by atoms with Gasteiger partial charge in [-0.3, -0.25) is 9.10 Å². The number of sulfonamides is 1. The van der Waals surface area contributed by atoms with Crippen molar-refractivity contribution in [3.05, 3.63) is 120 Å². The lowest BCUT2D eigenvalue weighted by Gasteiger charge is -2.25. The van der Waals surface area contributed by atoms with E-state index in [1.807, 2.05) is 73.8 Å². The summed E-state index contributed by atoms with van der Waals surface area (Å²) in [5, 5.41) is 12.3. The maximum atomic E-state index is 14.2. The molecule has 0 aliphatic carbocycles. The predicted octanol–water partition coefficient (Wildman–Crippen LogP) is 5.99. The van der Waals surface area contributed by atoms with Crippen LogP contribution in [0.15, 0.2) is 108 Å². The molecule has 41 heavy (non-hydrogen) atoms. The van der Waals surface area contributed by atoms with Crippen LogP contribution in [0.4, 0.5) is 5.69 Å². The predicted molar refractivity (Wildman–Crippen MR) is 165 cm³/mol. The number of anilines is 1. The normalized spacial score (nSPS) is 12.0. The van der Waals surface area contributed by atoms with E-state index in [0.29, 0.717) is 22.6 Å². The molecule has 0 bridgehead atoms. The average Bonchev–Trinajstić information content (AvgIpc) is 2.98. The number of aryl methyl sites for hydroxylation is 1. The summed E-state index contributed by atoms with van der Waals surface area (Å²) in [6, 6.07) is 28.9. The van der Waals surface area contributed by atoms with E-state index in [9.17, 15) is 23.1 Å². The largest absolute Gasteiger partial charge is 0.480 e. The minimum Gasteiger partial charge on any atom is -0.480 e. The maximum Gasteiger partial charge on any atom is 0.326 e. The van der Waals surface area contributed by atoms with E-state index in [1.54, 1.807) is 24.3 Å². The Morgan fingerprint density at radius 3 is 2.15 bits per heavy atom. The molecule has 0 heterocycles. The fourth-order valence-corrected chi connectivity index (χ4v) is 6.45. The highest BCUT2D eigenvalue weighted by atomic mass is 32.2. The minimum absolute atomic E-state index is 0.0178. The Morgan fingerprint density at radius 2 is 1.51 bits per heavy atom. The highest BCUT2D eigenvalue weighted by Crippen LogP contribution is 2.32. The second-order valence-electron chi connectivity index (χ2n) is 9.50. The SMILES string of the molecule is CSCCC(NC(=O)c1ccc(S(=O)(=O)N(Cc2ccccc2)c2ccccc2)cc1-c1ccccc1C)C(=O)O. The van der Waals surface area contributed by atoms with Gasteiger partial charge in [0.25, 0.3) is 15.9 Å². The van der Waals surface area contributed by atoms with Crippen LogP contribution >= 0.6 is 11.8 Å². The van der Waals surface area contributed by atoms with Crippen LogP contribution in [0.25, 0.3) is 11.1 Å². The van der Waals surface area contributed by atoms with E-state index in [1.165, 1.54) is 34.3 Å². The van der Waals surface area contributed by atoms with Crippen LogP contribution in [0, 0.1) is 6.92 Å². The standard InChI is InChI=1S/C32H32N2O5S2/c1-23-11-9-10-16-27(23)29-21-26(17-18-28(29)31(35)33-30(32(36)37)19-20-40-2)41(38,39)34(25-14-7-4-8-15-25)22-24-12-5-3-6-13-24/h3-18,21,30H,19-20,22H2,1-2H3,(H,33,35)(H,36,37). The molecule has 0 saturated heterocycles. The molecule has 0 aliphatic rings. The summed E-state index contributed by atoms with van der Waals surface area (Å²) in [4.78, 5) is 25.3. The van der Waals surface area contributed by atoms with E-state index >= 15 is 0 Å². The summed E-state index contributed by atoms with van der Waals surface area (Å²) >= 11 is 1.49. The number of thioether (sulfide) groups is 1. The lowest BCUT2D eigenvalue weighted by atomic mass is 9.95. The van der Waals surface area contributed by atoms with Crippen molar-refractivity contribution in [1.82, 2.24) is 5.32 Å². The van der Waals surface area contributed by atoms with Gasteiger partial charge in [-0.05, 0) is 77.9 Å². The lowest BCUT2D eigenvalue weighted by Crippen LogP contribution is -2.41. The fraction of sp³-hybridized carbons (Fsp3) is 0.188. The van der Waals surface area contributed by atoms with Gasteiger partial charge in [-0.15, -0.1) is 0 Å². The van der Waals surface area contributed by atoms with Crippen LogP contribution in [0.3, 0.4) is 0 Å². The van der Waals surface area contributed by atoms with Crippen molar-refractivity contribution in [3.8, 4) is 11.1 Å². The number of amides is 1. The molecule has 1 atom stereocenters. The highest BCUT2D eigenvalue weighted by Gasteiger charge is 2.28. The molecule has 0 aromatic heterocycles. The van der Waals surface area contributed by atoms with Crippen molar-refractivity contribution in [2.45, 2.75) is 30.8 Å². The van der Waals surface area contributed by atoms with Gasteiger partial charge in [0, 0.05) is 5.56 Å². The van der Waals surface area contributed by atoms with Gasteiger partial charge >= 0.3 is 5.97 Å². The summed E-state index contributed by atoms with van der Waals surface area (Å²) < 4.78 is 29.8. The number of carboxylic acid groups (broad SMARTS) is 1. The van der Waals surface area contributed by atoms with Gasteiger partial charge in [-0.1, -0.05) is 72.8 Å². The molecule has 0 fully saturated rings. The first-order valence-corrected chi connectivity index (χ1v) is 15.9. The zero-order valence-corrected chi connectivity index (χ0v) is 24.5. The number of rotatable bonds is 12. The van der Waals surface area contributed by atoms with Gasteiger partial charge in [0.15, 0.2) is 0 Å². The monoisotopic (exact) mass is 588 g/mol. The van der Waals surface area contributed by atoms with E-state index in [2.05, 4.69) is 5.32 Å². The topological polar surface area (TPSA) is 104 Å². The molecule has 4 rings (SSSR count). The van der Waals surface area contributed by atoms with Crippen molar-refractivity contribution in [2.24, 2.45) is 0 Å². The summed E-state index contributed by atoms with van der Waals surface area (Å²) in [6.45, 7) is 1.99. The number of carboxylic acids is 1. The second-order valence-corrected chi connectivity index (χ2v) is 12.3. The van der Waals surface area contributed by atoms with Crippen molar-refractivity contribution < 1.29 is 23.1 Å². The number of hydrogen-bond donors (Lipinski definition) is 2. The Morgan fingerprint density at radius 1 is 0.878 bits per heavy atom. The van der Waals surface area contributed by atoms with Crippen LogP contribution in [0.5, 0.6) is 0 Å². The van der Waals surface area contributed by atoms with Gasteiger partial charge in [-0.25, -0.2) is 13.2 Å². The maximum absolute atomic E-state index is 14.2. The van der Waals surface area contributed by atoms with Crippen LogP contribution in [0.2, 0.25) is 0 Å². The van der Waals surface area contributed by atoms with E-state index < -0.39 is 27.9 Å². The van der Waals surface area contributed by atoms with Crippen molar-refractivity contribution in [1.29, 1.82) is 0 Å². The fourth-order valence-electron chi connectivity index (χ4n) is 4.49. The molecule has 7 nitrogen and oxygen atoms in total. The number of para-hydroxylation sites is 1. The molecule has 4 aromatic rings. The van der Waals surface area contributed by atoms with Crippen LogP contribution in [0.1, 0.15) is 27.9 Å². The number of carbonyl (C=O) groups is 2. The molecule has 0 saturated carbocycles. The van der Waals surface area contributed by atoms with Gasteiger partial charge in [0.2, 0.25) is 0 Å². The molecule has 0 spiro atoms. The summed E-state index contributed by atoms with van der Waals surface area (Å²) in [5.74, 6) is -1.14. The van der Waals surface area contributed by atoms with Crippen LogP contribution < -0.4 is 9.62 Å². The number of aliphatic carboxylic acids is 1. The smallest absolute Gasteiger partial charge is 0.326 e. The molecule has 1 unspecified atom stereocenters. The third-order valence-corrected chi connectivity index (χ3v) is 9.10. The number of carbonyl (C=O) groups excluding carboxylic acids is 1. The summed E-state index contributed by atoms with van der Waals surface area (Å²) in [7, 11) is -4.08. The third-order valence-electron chi connectivity index (χ3n) is 6.69. The Bertz CT molecular complexity index is 1610. The average molecular weight is 589 g/mol. The quantitative estimate of drug-likeness (QED) is 0.211. The molecule has 212 valence electrons. The van der Waals surface area contributed by atoms with E-state index in [-0.39, 0.29) is 23.4 Å². The minimum atomic E-state index is -4.08. The van der Waals surface area contributed by atoms with Gasteiger partial charge in [0.05, 0.1) is 17.1 Å². The number of nitrogens with zero attached hydrogens (tertiary/aromatic N) is 1. The number of benzene rings is 4. The Hall–Kier alpha value is -4.08. The molecular weight excluding hydrogens is 556 g/mol.